The molecule has 4 N–H and O–H groups in total. The lowest BCUT2D eigenvalue weighted by Crippen LogP contribution is -2.43. The molecular formula is C29H33N7O3. The average molecular weight is 528 g/mol. The van der Waals surface area contributed by atoms with Crippen LogP contribution in [0.1, 0.15) is 24.1 Å². The first-order valence-electron chi connectivity index (χ1n) is 12.7. The van der Waals surface area contributed by atoms with Crippen molar-refractivity contribution in [3.05, 3.63) is 89.8 Å². The van der Waals surface area contributed by atoms with Gasteiger partial charge < -0.3 is 30.4 Å². The average Bonchev–Trinajstić information content (AvgIpc) is 3.61. The van der Waals surface area contributed by atoms with Crippen molar-refractivity contribution in [2.45, 2.75) is 31.5 Å². The molecule has 0 spiro atoms. The normalized spacial score (nSPS) is 20.5. The Morgan fingerprint density at radius 3 is 2.77 bits per heavy atom. The van der Waals surface area contributed by atoms with E-state index in [0.717, 1.165) is 35.5 Å². The van der Waals surface area contributed by atoms with Crippen LogP contribution < -0.4 is 10.6 Å². The topological polar surface area (TPSA) is 135 Å². The molecule has 2 aliphatic rings. The van der Waals surface area contributed by atoms with Crippen LogP contribution in [0.25, 0.3) is 10.9 Å². The highest BCUT2D eigenvalue weighted by Gasteiger charge is 2.25. The van der Waals surface area contributed by atoms with Crippen LogP contribution in [-0.2, 0) is 16.1 Å². The van der Waals surface area contributed by atoms with Gasteiger partial charge in [-0.3, -0.25) is 19.8 Å². The van der Waals surface area contributed by atoms with E-state index in [1.807, 2.05) is 55.7 Å². The van der Waals surface area contributed by atoms with Gasteiger partial charge in [0.05, 0.1) is 36.3 Å². The summed E-state index contributed by atoms with van der Waals surface area (Å²) in [6, 6.07) is 13.3. The smallest absolute Gasteiger partial charge is 0.271 e. The lowest BCUT2D eigenvalue weighted by molar-refractivity contribution is -0.132. The molecule has 0 saturated carbocycles. The Morgan fingerprint density at radius 1 is 1.21 bits per heavy atom. The first-order chi connectivity index (χ1) is 19.0. The second kappa shape index (κ2) is 13.4. The van der Waals surface area contributed by atoms with Gasteiger partial charge in [0.25, 0.3) is 5.91 Å². The van der Waals surface area contributed by atoms with Gasteiger partial charge in [-0.05, 0) is 24.7 Å². The molecule has 0 radical (unpaired) electrons. The Balaban J connectivity index is 0.000000243. The van der Waals surface area contributed by atoms with Gasteiger partial charge in [-0.1, -0.05) is 36.4 Å². The lowest BCUT2D eigenvalue weighted by Gasteiger charge is -2.25. The maximum atomic E-state index is 12.6. The van der Waals surface area contributed by atoms with Crippen LogP contribution in [0.15, 0.2) is 88.5 Å². The molecule has 0 bridgehead atoms. The first kappa shape index (κ1) is 27.6. The number of aliphatic imine (C=N–C) groups is 2. The number of hydrogen-bond donors (Lipinski definition) is 4. The highest BCUT2D eigenvalue weighted by molar-refractivity contribution is 6.03. The quantitative estimate of drug-likeness (QED) is 0.349. The van der Waals surface area contributed by atoms with Crippen molar-refractivity contribution in [2.75, 3.05) is 20.6 Å². The van der Waals surface area contributed by atoms with Gasteiger partial charge in [0, 0.05) is 61.6 Å². The maximum Gasteiger partial charge on any atom is 0.271 e. The molecule has 2 unspecified atom stereocenters. The van der Waals surface area contributed by atoms with Crippen LogP contribution in [-0.4, -0.2) is 76.9 Å². The summed E-state index contributed by atoms with van der Waals surface area (Å²) in [6.07, 6.45) is 9.00. The van der Waals surface area contributed by atoms with Crippen molar-refractivity contribution in [1.29, 1.82) is 0 Å². The van der Waals surface area contributed by atoms with E-state index in [9.17, 15) is 14.7 Å². The number of H-pyrrole nitrogens is 1. The van der Waals surface area contributed by atoms with Crippen LogP contribution >= 0.6 is 0 Å². The lowest BCUT2D eigenvalue weighted by atomic mass is 10.1. The summed E-state index contributed by atoms with van der Waals surface area (Å²) in [4.78, 5) is 41.2. The number of hydrogen-bond acceptors (Lipinski definition) is 8. The van der Waals surface area contributed by atoms with E-state index in [2.05, 4.69) is 36.7 Å². The Bertz CT molecular complexity index is 1380. The van der Waals surface area contributed by atoms with Crippen LogP contribution in [0.4, 0.5) is 0 Å². The van der Waals surface area contributed by atoms with Crippen molar-refractivity contribution in [3.63, 3.8) is 0 Å². The number of nitrogens with one attached hydrogen (secondary N) is 3. The first-order valence-corrected chi connectivity index (χ1v) is 12.7. The number of allylic oxidation sites excluding steroid dienone is 1. The number of aromatic amines is 1. The van der Waals surface area contributed by atoms with E-state index >= 15 is 0 Å². The minimum atomic E-state index is -0.887. The molecule has 0 aliphatic carbocycles. The zero-order valence-corrected chi connectivity index (χ0v) is 22.0. The van der Waals surface area contributed by atoms with Gasteiger partial charge in [-0.15, -0.1) is 0 Å². The van der Waals surface area contributed by atoms with Crippen LogP contribution in [0.3, 0.4) is 0 Å². The van der Waals surface area contributed by atoms with Crippen LogP contribution in [0.5, 0.6) is 0 Å². The molecule has 2 aliphatic heterocycles. The fourth-order valence-corrected chi connectivity index (χ4v) is 4.25. The van der Waals surface area contributed by atoms with E-state index in [1.165, 1.54) is 35.4 Å². The van der Waals surface area contributed by atoms with Crippen molar-refractivity contribution >= 4 is 35.0 Å². The molecule has 5 rings (SSSR count). The molecule has 2 atom stereocenters. The van der Waals surface area contributed by atoms with Gasteiger partial charge in [-0.2, -0.15) is 0 Å². The number of rotatable bonds is 7. The zero-order valence-electron chi connectivity index (χ0n) is 22.0. The number of pyridine rings is 1. The Labute approximate surface area is 227 Å². The number of aromatic nitrogens is 2. The number of fused-ring (bicyclic) bond motifs is 1. The van der Waals surface area contributed by atoms with E-state index in [4.69, 9.17) is 0 Å². The van der Waals surface area contributed by atoms with Gasteiger partial charge in [0.15, 0.2) is 0 Å². The zero-order chi connectivity index (χ0) is 27.6. The molecule has 10 heteroatoms. The van der Waals surface area contributed by atoms with E-state index < -0.39 is 12.1 Å². The second-order valence-electron chi connectivity index (χ2n) is 9.23. The number of aliphatic hydroxyl groups is 1. The van der Waals surface area contributed by atoms with E-state index in [-0.39, 0.29) is 18.0 Å². The summed E-state index contributed by atoms with van der Waals surface area (Å²) in [7, 11) is 3.47. The minimum Gasteiger partial charge on any atom is -0.387 e. The van der Waals surface area contributed by atoms with Gasteiger partial charge in [0.2, 0.25) is 0 Å². The number of aliphatic hydroxyl groups excluding tert-OH is 1. The molecule has 1 aromatic carbocycles. The standard InChI is InChI=1S/C20H22N4O3.C9H11N3/c1-24-16(13-25)9-17(26)11-21-12-19(20(24)27)22-10-15-7-8-18(23-15)14-5-3-2-4-6-14;1-10-6-8-4-7-5-11-3-2-9(7)12-8/h2-7,11-13,16-17,22,26H,8-10H2,1H3;2-5,10,12H,6H2,1H3/b19-12+,21-11?;. The minimum absolute atomic E-state index is 0.117. The number of nitrogens with zero attached hydrogens (tertiary/aromatic N) is 4. The SMILES string of the molecule is CN1C(=O)/C(NCC2=CCC(c3ccccc3)=N2)=C\N=CC(O)CC1C=O.CNCc1cc2cnccc2[nH]1. The predicted octanol–water partition coefficient (Wildman–Crippen LogP) is 2.34. The Morgan fingerprint density at radius 2 is 2.03 bits per heavy atom. The van der Waals surface area contributed by atoms with E-state index in [1.54, 1.807) is 6.20 Å². The molecular weight excluding hydrogens is 494 g/mol. The summed E-state index contributed by atoms with van der Waals surface area (Å²) in [5.41, 5.74) is 5.49. The number of aldehydes is 1. The van der Waals surface area contributed by atoms with Crippen molar-refractivity contribution < 1.29 is 14.7 Å². The number of amides is 1. The van der Waals surface area contributed by atoms with Gasteiger partial charge in [0.1, 0.15) is 12.0 Å². The highest BCUT2D eigenvalue weighted by Crippen LogP contribution is 2.17. The fraction of sp³-hybridized carbons (Fsp3) is 0.276. The predicted molar refractivity (Wildman–Crippen MR) is 152 cm³/mol. The maximum absolute atomic E-state index is 12.6. The number of carbonyl (C=O) groups is 2. The third kappa shape index (κ3) is 7.34. The molecule has 0 fully saturated rings. The molecule has 0 saturated heterocycles. The molecule has 10 nitrogen and oxygen atoms in total. The summed E-state index contributed by atoms with van der Waals surface area (Å²) < 4.78 is 0. The van der Waals surface area contributed by atoms with Crippen molar-refractivity contribution in [1.82, 2.24) is 25.5 Å². The summed E-state index contributed by atoms with van der Waals surface area (Å²) >= 11 is 0. The fourth-order valence-electron chi connectivity index (χ4n) is 4.25. The van der Waals surface area contributed by atoms with Crippen molar-refractivity contribution in [3.8, 4) is 0 Å². The van der Waals surface area contributed by atoms with Gasteiger partial charge >= 0.3 is 0 Å². The highest BCUT2D eigenvalue weighted by atomic mass is 16.3. The van der Waals surface area contributed by atoms with Crippen molar-refractivity contribution in [2.24, 2.45) is 9.98 Å². The third-order valence-corrected chi connectivity index (χ3v) is 6.37. The van der Waals surface area contributed by atoms with Crippen LogP contribution in [0.2, 0.25) is 0 Å². The monoisotopic (exact) mass is 527 g/mol. The molecule has 4 heterocycles. The third-order valence-electron chi connectivity index (χ3n) is 6.37. The number of carbonyl (C=O) groups excluding carboxylic acids is 2. The molecule has 202 valence electrons. The second-order valence-corrected chi connectivity index (χ2v) is 9.23. The largest absolute Gasteiger partial charge is 0.387 e. The summed E-state index contributed by atoms with van der Waals surface area (Å²) in [5, 5.41) is 17.2. The summed E-state index contributed by atoms with van der Waals surface area (Å²) in [6.45, 7) is 1.24. The molecule has 2 aromatic heterocycles. The Hall–Kier alpha value is -4.41. The molecule has 3 aromatic rings. The summed E-state index contributed by atoms with van der Waals surface area (Å²) in [5.74, 6) is -0.357. The van der Waals surface area contributed by atoms with Crippen LogP contribution in [0, 0.1) is 0 Å². The molecule has 39 heavy (non-hydrogen) atoms. The number of likely N-dealkylation sites (N-methyl/N-ethyl adjacent to an activating group) is 1. The number of benzene rings is 1. The van der Waals surface area contributed by atoms with E-state index in [0.29, 0.717) is 12.8 Å². The molecule has 1 amide bonds. The van der Waals surface area contributed by atoms with Gasteiger partial charge in [-0.25, -0.2) is 0 Å². The Kier molecular flexibility index (Phi) is 9.49.